The molecule has 0 radical (unpaired) electrons. The van der Waals surface area contributed by atoms with Crippen LogP contribution in [0.25, 0.3) is 0 Å². The third-order valence-corrected chi connectivity index (χ3v) is 2.93. The highest BCUT2D eigenvalue weighted by Gasteiger charge is 2.12. The van der Waals surface area contributed by atoms with E-state index in [9.17, 15) is 4.79 Å². The van der Waals surface area contributed by atoms with Gasteiger partial charge in [-0.15, -0.1) is 0 Å². The first-order valence-corrected chi connectivity index (χ1v) is 6.30. The van der Waals surface area contributed by atoms with Crippen LogP contribution in [0.2, 0.25) is 15.1 Å². The van der Waals surface area contributed by atoms with Gasteiger partial charge >= 0.3 is 0 Å². The van der Waals surface area contributed by atoms with Crippen LogP contribution in [0.4, 0.5) is 0 Å². The molecule has 2 nitrogen and oxygen atoms in total. The van der Waals surface area contributed by atoms with Crippen molar-refractivity contribution < 1.29 is 13.6 Å². The molecule has 0 atom stereocenters. The first-order chi connectivity index (χ1) is 10.2. The van der Waals surface area contributed by atoms with Gasteiger partial charge in [0.2, 0.25) is 0 Å². The Labute approximate surface area is 130 Å². The van der Waals surface area contributed by atoms with Gasteiger partial charge in [0.15, 0.2) is 5.78 Å². The Morgan fingerprint density at radius 2 is 1.89 bits per heavy atom. The molecule has 0 unspecified atom stereocenters. The molecule has 0 bridgehead atoms. The molecule has 0 saturated carbocycles. The van der Waals surface area contributed by atoms with E-state index in [0.29, 0.717) is 5.02 Å². The summed E-state index contributed by atoms with van der Waals surface area (Å²) in [4.78, 5) is 11.7. The molecule has 19 heavy (non-hydrogen) atoms. The van der Waals surface area contributed by atoms with Crippen LogP contribution in [0.3, 0.4) is 0 Å². The van der Waals surface area contributed by atoms with Crippen molar-refractivity contribution in [3.05, 3.63) is 57.0 Å². The van der Waals surface area contributed by atoms with E-state index in [1.807, 2.05) is 0 Å². The van der Waals surface area contributed by atoms with Gasteiger partial charge in [0.1, 0.15) is 11.5 Å². The number of rotatable bonds is 3. The van der Waals surface area contributed by atoms with Crippen molar-refractivity contribution in [2.75, 3.05) is 0 Å². The monoisotopic (exact) mass is 317 g/mol. The summed E-state index contributed by atoms with van der Waals surface area (Å²) in [5, 5.41) is -0.0751. The fraction of sp³-hybridized carbons (Fsp3) is 0.0714. The largest absolute Gasteiger partial charge is 0.455 e. The second kappa shape index (κ2) is 5.83. The lowest BCUT2D eigenvalue weighted by molar-refractivity contribution is 0.101. The van der Waals surface area contributed by atoms with Crippen LogP contribution in [0.5, 0.6) is 11.5 Å². The summed E-state index contributed by atoms with van der Waals surface area (Å²) in [6, 6.07) is 3.35. The zero-order valence-corrected chi connectivity index (χ0v) is 12.0. The van der Waals surface area contributed by atoms with Gasteiger partial charge in [-0.2, -0.15) is 0 Å². The number of ketones is 1. The number of carbonyl (C=O) groups excluding carboxylic acids is 1. The average Bonchev–Trinajstić information content (AvgIpc) is 2.48. The highest BCUT2D eigenvalue weighted by Crippen LogP contribution is 2.34. The molecular weight excluding hydrogens is 307 g/mol. The van der Waals surface area contributed by atoms with Crippen molar-refractivity contribution in [1.82, 2.24) is 0 Å². The summed E-state index contributed by atoms with van der Waals surface area (Å²) >= 11 is 17.6. The summed E-state index contributed by atoms with van der Waals surface area (Å²) in [6.45, 7) is 1.34. The first-order valence-electron chi connectivity index (χ1n) is 6.67. The first kappa shape index (κ1) is 10.6. The fourth-order valence-electron chi connectivity index (χ4n) is 1.40. The van der Waals surface area contributed by atoms with Crippen molar-refractivity contribution in [2.24, 2.45) is 0 Å². The van der Waals surface area contributed by atoms with Crippen molar-refractivity contribution in [2.45, 2.75) is 6.92 Å². The van der Waals surface area contributed by atoms with E-state index in [0.717, 1.165) is 0 Å². The predicted octanol–water partition coefficient (Wildman–Crippen LogP) is 5.64. The topological polar surface area (TPSA) is 26.3 Å². The fourth-order valence-corrected chi connectivity index (χ4v) is 1.94. The zero-order chi connectivity index (χ0) is 16.6. The van der Waals surface area contributed by atoms with E-state index in [1.54, 1.807) is 0 Å². The van der Waals surface area contributed by atoms with Crippen molar-refractivity contribution in [3.63, 3.8) is 0 Å². The van der Waals surface area contributed by atoms with Crippen LogP contribution in [-0.2, 0) is 0 Å². The van der Waals surface area contributed by atoms with Gasteiger partial charge in [-0.1, -0.05) is 34.8 Å². The third-order valence-electron chi connectivity index (χ3n) is 2.24. The molecule has 0 aromatic heterocycles. The molecule has 0 saturated heterocycles. The second-order valence-electron chi connectivity index (χ2n) is 3.63. The standard InChI is InChI=1S/C14H9Cl3O2/c1-8(18)11-6-9(15)2-4-13(11)19-14-5-3-10(16)7-12(14)17/h2-7H,1H3/i3D,5D,7D. The van der Waals surface area contributed by atoms with Crippen LogP contribution in [0.15, 0.2) is 36.3 Å². The molecule has 0 aliphatic rings. The minimum absolute atomic E-state index is 0.133. The van der Waals surface area contributed by atoms with Crippen LogP contribution in [-0.4, -0.2) is 5.78 Å². The molecule has 98 valence electrons. The molecule has 0 fully saturated rings. The number of hydrogen-bond donors (Lipinski definition) is 0. The number of carbonyl (C=O) groups is 1. The Morgan fingerprint density at radius 1 is 1.16 bits per heavy atom. The predicted molar refractivity (Wildman–Crippen MR) is 78.0 cm³/mol. The van der Waals surface area contributed by atoms with Crippen LogP contribution in [0, 0.1) is 0 Å². The molecule has 0 heterocycles. The number of ether oxygens (including phenoxy) is 1. The molecular formula is C14H9Cl3O2. The van der Waals surface area contributed by atoms with Gasteiger partial charge in [-0.3, -0.25) is 4.79 Å². The van der Waals surface area contributed by atoms with Gasteiger partial charge in [0.05, 0.1) is 14.7 Å². The van der Waals surface area contributed by atoms with Gasteiger partial charge in [-0.25, -0.2) is 0 Å². The Bertz CT molecular complexity index is 749. The van der Waals surface area contributed by atoms with Gasteiger partial charge in [-0.05, 0) is 43.3 Å². The van der Waals surface area contributed by atoms with Gasteiger partial charge in [0, 0.05) is 10.0 Å². The molecule has 5 heteroatoms. The van der Waals surface area contributed by atoms with E-state index < -0.39 is 0 Å². The maximum absolute atomic E-state index is 11.7. The normalized spacial score (nSPS) is 12.5. The second-order valence-corrected chi connectivity index (χ2v) is 4.82. The third kappa shape index (κ3) is 3.41. The molecule has 0 spiro atoms. The van der Waals surface area contributed by atoms with E-state index >= 15 is 0 Å². The number of Topliss-reactive ketones (excluding diaryl/α,β-unsaturated/α-hetero) is 1. The van der Waals surface area contributed by atoms with E-state index in [4.69, 9.17) is 43.7 Å². The Kier molecular flexibility index (Phi) is 3.24. The van der Waals surface area contributed by atoms with Crippen LogP contribution < -0.4 is 4.74 Å². The van der Waals surface area contributed by atoms with Crippen molar-refractivity contribution in [3.8, 4) is 11.5 Å². The summed E-state index contributed by atoms with van der Waals surface area (Å²) in [6.07, 6.45) is 0. The molecule has 0 aliphatic heterocycles. The molecule has 0 N–H and O–H groups in total. The van der Waals surface area contributed by atoms with Crippen molar-refractivity contribution >= 4 is 40.6 Å². The lowest BCUT2D eigenvalue weighted by Crippen LogP contribution is -1.97. The Balaban J connectivity index is 2.60. The Hall–Kier alpha value is -1.22. The highest BCUT2D eigenvalue weighted by molar-refractivity contribution is 6.35. The van der Waals surface area contributed by atoms with E-state index in [2.05, 4.69) is 0 Å². The van der Waals surface area contributed by atoms with Crippen LogP contribution >= 0.6 is 34.8 Å². The van der Waals surface area contributed by atoms with Crippen LogP contribution in [0.1, 0.15) is 21.4 Å². The van der Waals surface area contributed by atoms with Crippen molar-refractivity contribution in [1.29, 1.82) is 0 Å². The summed E-state index contributed by atoms with van der Waals surface area (Å²) in [7, 11) is 0. The summed E-state index contributed by atoms with van der Waals surface area (Å²) in [5.74, 6) is -0.356. The van der Waals surface area contributed by atoms with E-state index in [-0.39, 0.29) is 51.0 Å². The zero-order valence-electron chi connectivity index (χ0n) is 12.7. The Morgan fingerprint density at radius 3 is 2.58 bits per heavy atom. The van der Waals surface area contributed by atoms with Gasteiger partial charge in [0.25, 0.3) is 0 Å². The number of halogens is 3. The van der Waals surface area contributed by atoms with E-state index in [1.165, 1.54) is 25.1 Å². The summed E-state index contributed by atoms with van der Waals surface area (Å²) in [5.41, 5.74) is 0.205. The molecule has 0 aliphatic carbocycles. The minimum Gasteiger partial charge on any atom is -0.455 e. The SMILES string of the molecule is [2H]c1c([2H])c(Oc2ccc(Cl)cc2C(C)=O)c(Cl)c([2H])c1Cl. The lowest BCUT2D eigenvalue weighted by atomic mass is 10.1. The smallest absolute Gasteiger partial charge is 0.163 e. The average molecular weight is 319 g/mol. The minimum atomic E-state index is -0.371. The highest BCUT2D eigenvalue weighted by atomic mass is 35.5. The maximum atomic E-state index is 11.7. The maximum Gasteiger partial charge on any atom is 0.163 e. The van der Waals surface area contributed by atoms with Gasteiger partial charge < -0.3 is 4.74 Å². The molecule has 2 aromatic rings. The molecule has 2 aromatic carbocycles. The lowest BCUT2D eigenvalue weighted by Gasteiger charge is -2.11. The summed E-state index contributed by atoms with van der Waals surface area (Å²) < 4.78 is 28.8. The molecule has 2 rings (SSSR count). The quantitative estimate of drug-likeness (QED) is 0.684. The number of hydrogen-bond acceptors (Lipinski definition) is 2. The molecule has 0 amide bonds. The number of benzene rings is 2.